The van der Waals surface area contributed by atoms with E-state index in [1.807, 2.05) is 0 Å². The summed E-state index contributed by atoms with van der Waals surface area (Å²) in [5, 5.41) is 3.21. The minimum absolute atomic E-state index is 0. The van der Waals surface area contributed by atoms with E-state index in [4.69, 9.17) is 45.0 Å². The van der Waals surface area contributed by atoms with Gasteiger partial charge in [-0.05, 0) is 167 Å². The van der Waals surface area contributed by atoms with Gasteiger partial charge in [-0.3, -0.25) is 9.34 Å². The van der Waals surface area contributed by atoms with Crippen molar-refractivity contribution >= 4 is 93.8 Å². The molecule has 1 aromatic heterocycles. The molecule has 1 aliphatic rings. The largest absolute Gasteiger partial charge is 0.260 e. The van der Waals surface area contributed by atoms with E-state index in [0.717, 1.165) is 31.6 Å². The van der Waals surface area contributed by atoms with Gasteiger partial charge in [-0.1, -0.05) is 116 Å². The third-order valence-electron chi connectivity index (χ3n) is 10.8. The second-order valence-electron chi connectivity index (χ2n) is 17.1. The third kappa shape index (κ3) is 19.1. The fraction of sp³-hybridized carbons (Fsp3) is 0.556. The standard InChI is InChI=1S/C22H34ClNP2.C14H22Cl3NP2.C9H14.2H3P/c1-16-9-11-21(12-10-16)15-24(22(6,7)8)26(23)14-13-25-19(4)17(2)18(3)20(25)5;1-12-5-7-13(8-6-12)11-18(14(2,3)4)20(17)10-9-19(15)16;1-6-5-7(2)9(4)8(6)3;;/h9-12H,13-15H2,1-8H3;5-8H,9-11H2,1-4H3;5H2,1-4H3;2*1H3. The molecule has 0 amide bonds. The SMILES string of the molecule is CC1=C(C)C(C)=C(C)C1.Cc1ccc(CN(P(Cl)CCP(Cl)Cl)C(C)(C)C)cc1.Cc1ccc(CN(P(Cl)CCp2c(C)c(C)c(C)c2C)C(C)(C)C)cc1.P.P. The van der Waals surface area contributed by atoms with E-state index in [0.29, 0.717) is 0 Å². The summed E-state index contributed by atoms with van der Waals surface area (Å²) in [6, 6.07) is 17.5. The van der Waals surface area contributed by atoms with Crippen LogP contribution in [-0.2, 0) is 19.3 Å². The van der Waals surface area contributed by atoms with Crippen molar-refractivity contribution in [1.29, 1.82) is 0 Å². The summed E-state index contributed by atoms with van der Waals surface area (Å²) in [5.41, 5.74) is 14.5. The van der Waals surface area contributed by atoms with E-state index in [-0.39, 0.29) is 38.4 Å². The first-order chi connectivity index (χ1) is 25.3. The lowest BCUT2D eigenvalue weighted by Gasteiger charge is -2.39. The van der Waals surface area contributed by atoms with Gasteiger partial charge in [0.25, 0.3) is 0 Å². The molecule has 12 heteroatoms. The van der Waals surface area contributed by atoms with Crippen LogP contribution in [0.25, 0.3) is 0 Å². The zero-order chi connectivity index (χ0) is 42.0. The van der Waals surface area contributed by atoms with Crippen molar-refractivity contribution in [3.8, 4) is 0 Å². The van der Waals surface area contributed by atoms with Gasteiger partial charge in [0.1, 0.15) is 0 Å². The second-order valence-corrected chi connectivity index (χ2v) is 29.3. The van der Waals surface area contributed by atoms with Gasteiger partial charge in [0, 0.05) is 42.7 Å². The molecule has 0 saturated heterocycles. The molecule has 4 unspecified atom stereocenters. The van der Waals surface area contributed by atoms with Crippen LogP contribution >= 0.6 is 93.8 Å². The smallest absolute Gasteiger partial charge is 0.0859 e. The van der Waals surface area contributed by atoms with Crippen LogP contribution in [0.1, 0.15) is 120 Å². The molecule has 2 nitrogen and oxygen atoms in total. The van der Waals surface area contributed by atoms with E-state index in [2.05, 4.69) is 169 Å². The Labute approximate surface area is 381 Å². The molecule has 1 heterocycles. The van der Waals surface area contributed by atoms with Crippen LogP contribution in [0.3, 0.4) is 0 Å². The first kappa shape index (κ1) is 57.9. The highest BCUT2D eigenvalue weighted by atomic mass is 35.9. The molecule has 4 atom stereocenters. The quantitative estimate of drug-likeness (QED) is 0.167. The van der Waals surface area contributed by atoms with Gasteiger partial charge in [-0.25, -0.2) is 0 Å². The lowest BCUT2D eigenvalue weighted by Crippen LogP contribution is -2.36. The maximum atomic E-state index is 7.03. The maximum Gasteiger partial charge on any atom is 0.0859 e. The molecular formula is C45H76Cl4N2P6. The molecule has 324 valence electrons. The number of halogens is 4. The molecule has 3 aromatic rings. The number of aryl methyl sites for hydroxylation is 2. The molecular weight excluding hydrogens is 896 g/mol. The Balaban J connectivity index is 0.000000895. The predicted molar refractivity (Wildman–Crippen MR) is 283 cm³/mol. The summed E-state index contributed by atoms with van der Waals surface area (Å²) in [6.07, 6.45) is 5.20. The number of hydrogen-bond acceptors (Lipinski definition) is 2. The van der Waals surface area contributed by atoms with Gasteiger partial charge in [0.15, 0.2) is 0 Å². The highest BCUT2D eigenvalue weighted by Gasteiger charge is 2.29. The first-order valence-electron chi connectivity index (χ1n) is 19.4. The van der Waals surface area contributed by atoms with Crippen molar-refractivity contribution in [3.05, 3.63) is 115 Å². The van der Waals surface area contributed by atoms with E-state index in [1.54, 1.807) is 21.7 Å². The average Bonchev–Trinajstić information content (AvgIpc) is 3.43. The minimum atomic E-state index is -0.908. The monoisotopic (exact) mass is 970 g/mol. The molecule has 2 aromatic carbocycles. The van der Waals surface area contributed by atoms with Crippen LogP contribution in [0.5, 0.6) is 0 Å². The van der Waals surface area contributed by atoms with Crippen molar-refractivity contribution in [3.63, 3.8) is 0 Å². The molecule has 0 aliphatic heterocycles. The Morgan fingerprint density at radius 2 is 0.860 bits per heavy atom. The first-order valence-corrected chi connectivity index (χ1v) is 29.1. The van der Waals surface area contributed by atoms with Gasteiger partial charge in [-0.2, -0.15) is 19.8 Å². The normalized spacial score (nSPS) is 14.2. The Kier molecular flexibility index (Phi) is 27.0. The van der Waals surface area contributed by atoms with E-state index < -0.39 is 21.5 Å². The number of benzene rings is 2. The molecule has 0 saturated carbocycles. The van der Waals surface area contributed by atoms with E-state index in [1.165, 1.54) is 57.1 Å². The summed E-state index contributed by atoms with van der Waals surface area (Å²) in [6.45, 7) is 36.6. The van der Waals surface area contributed by atoms with Crippen LogP contribution < -0.4 is 0 Å². The zero-order valence-electron chi connectivity index (χ0n) is 38.2. The Bertz CT molecular complexity index is 1670. The fourth-order valence-corrected chi connectivity index (χ4v) is 18.3. The summed E-state index contributed by atoms with van der Waals surface area (Å²) < 4.78 is 4.87. The molecule has 0 spiro atoms. The number of rotatable bonds is 12. The van der Waals surface area contributed by atoms with Crippen LogP contribution in [-0.4, -0.2) is 38.9 Å². The molecule has 0 radical (unpaired) electrons. The fourth-order valence-electron chi connectivity index (χ4n) is 6.43. The summed E-state index contributed by atoms with van der Waals surface area (Å²) in [4.78, 5) is 0. The lowest BCUT2D eigenvalue weighted by molar-refractivity contribution is 0.259. The Morgan fingerprint density at radius 3 is 1.14 bits per heavy atom. The van der Waals surface area contributed by atoms with Gasteiger partial charge in [-0.15, -0.1) is 7.53 Å². The Hall–Kier alpha value is 0.930. The van der Waals surface area contributed by atoms with Gasteiger partial charge in [0.2, 0.25) is 0 Å². The highest BCUT2D eigenvalue weighted by Crippen LogP contribution is 2.56. The van der Waals surface area contributed by atoms with Crippen LogP contribution in [0.15, 0.2) is 70.8 Å². The molecule has 4 rings (SSSR count). The second kappa shape index (κ2) is 26.5. The Morgan fingerprint density at radius 1 is 0.526 bits per heavy atom. The van der Waals surface area contributed by atoms with Crippen LogP contribution in [0.2, 0.25) is 0 Å². The predicted octanol–water partition coefficient (Wildman–Crippen LogP) is 18.2. The maximum absolute atomic E-state index is 7.03. The van der Waals surface area contributed by atoms with E-state index in [9.17, 15) is 0 Å². The lowest BCUT2D eigenvalue weighted by atomic mass is 10.1. The van der Waals surface area contributed by atoms with Crippen molar-refractivity contribution in [2.45, 2.75) is 148 Å². The number of hydrogen-bond donors (Lipinski definition) is 0. The summed E-state index contributed by atoms with van der Waals surface area (Å²) >= 11 is 25.4. The topological polar surface area (TPSA) is 6.48 Å². The van der Waals surface area contributed by atoms with Crippen molar-refractivity contribution in [1.82, 2.24) is 9.34 Å². The summed E-state index contributed by atoms with van der Waals surface area (Å²) in [7, 11) is -1.55. The number of nitrogens with zero attached hydrogens (tertiary/aromatic N) is 2. The van der Waals surface area contributed by atoms with Crippen LogP contribution in [0, 0.1) is 41.5 Å². The zero-order valence-corrected chi connectivity index (χ0v) is 47.6. The third-order valence-corrected chi connectivity index (χ3v) is 21.8. The van der Waals surface area contributed by atoms with Gasteiger partial charge >= 0.3 is 0 Å². The molecule has 0 N–H and O–H groups in total. The average molecular weight is 973 g/mol. The van der Waals surface area contributed by atoms with Gasteiger partial charge in [0.05, 0.1) is 21.5 Å². The van der Waals surface area contributed by atoms with Crippen molar-refractivity contribution in [2.24, 2.45) is 0 Å². The highest BCUT2D eigenvalue weighted by molar-refractivity contribution is 8.04. The van der Waals surface area contributed by atoms with Gasteiger partial charge < -0.3 is 0 Å². The minimum Gasteiger partial charge on any atom is -0.260 e. The van der Waals surface area contributed by atoms with Crippen LogP contribution in [0.4, 0.5) is 0 Å². The van der Waals surface area contributed by atoms with Crippen molar-refractivity contribution < 1.29 is 0 Å². The van der Waals surface area contributed by atoms with E-state index >= 15 is 0 Å². The summed E-state index contributed by atoms with van der Waals surface area (Å²) in [5.74, 6) is 0. The molecule has 57 heavy (non-hydrogen) atoms. The van der Waals surface area contributed by atoms with Crippen molar-refractivity contribution in [2.75, 3.05) is 18.5 Å². The molecule has 1 aliphatic carbocycles. The molecule has 0 bridgehead atoms. The molecule has 0 fully saturated rings. The number of allylic oxidation sites excluding steroid dienone is 4.